The number of hydrogen-bond donors (Lipinski definition) is 5. The monoisotopic (exact) mass is 911 g/mol. The molecule has 7 rings (SSSR count). The van der Waals surface area contributed by atoms with Crippen molar-refractivity contribution >= 4 is 65.7 Å². The molecule has 22 heteroatoms. The van der Waals surface area contributed by atoms with Crippen LogP contribution in [0, 0.1) is 11.6 Å². The minimum absolute atomic E-state index is 0.163. The van der Waals surface area contributed by atoms with Gasteiger partial charge < -0.3 is 39.8 Å². The quantitative estimate of drug-likeness (QED) is 0.0337. The third-order valence-electron chi connectivity index (χ3n) is 9.01. The van der Waals surface area contributed by atoms with E-state index >= 15 is 0 Å². The fourth-order valence-corrected chi connectivity index (χ4v) is 6.62. The maximum atomic E-state index is 13.1. The molecule has 4 heterocycles. The van der Waals surface area contributed by atoms with Gasteiger partial charge in [0.05, 0.1) is 36.2 Å². The molecule has 0 saturated carbocycles. The average molecular weight is 911 g/mol. The first-order chi connectivity index (χ1) is 31.1. The number of ether oxygens (including phenoxy) is 1. The molecule has 0 aliphatic heterocycles. The van der Waals surface area contributed by atoms with E-state index < -0.39 is 37.9 Å². The summed E-state index contributed by atoms with van der Waals surface area (Å²) in [5.74, 6) is -0.577. The smallest absolute Gasteiger partial charge is 0.467 e. The van der Waals surface area contributed by atoms with E-state index in [1.165, 1.54) is 92.3 Å². The van der Waals surface area contributed by atoms with Gasteiger partial charge in [-0.05, 0) is 102 Å². The van der Waals surface area contributed by atoms with Gasteiger partial charge in [0.25, 0.3) is 11.8 Å². The van der Waals surface area contributed by atoms with Crippen LogP contribution in [-0.2, 0) is 18.8 Å². The second-order valence-corrected chi connectivity index (χ2v) is 14.8. The van der Waals surface area contributed by atoms with Crippen LogP contribution in [0.1, 0.15) is 37.7 Å². The zero-order chi connectivity index (χ0) is 46.5. The van der Waals surface area contributed by atoms with Crippen LogP contribution in [0.4, 0.5) is 39.1 Å². The van der Waals surface area contributed by atoms with Gasteiger partial charge in [-0.15, -0.1) is 13.2 Å². The standard InChI is InChI=1S/C23H20BFN4O4.C20H16BF4N3O3S/c25-18-5-8-19(9-6-18)28-23(30)16-3-10-22(27-12-16)29(15-21-2-1-11-33-21)14-20-7-4-17(13-26-20)24(31)32;1-21(30)17-7-6-16(31-20(23,24)25)8-12(17)11-32-19-26-9-13(10-27-19)18(29)28-15-4-2-14(22)3-5-15/h1-13,31-32H,14-15H2,(H,28,30);2-10,30H,11H2,1H3,(H,28,29). The Kier molecular flexibility index (Phi) is 16.0. The molecule has 65 heavy (non-hydrogen) atoms. The van der Waals surface area contributed by atoms with Gasteiger partial charge in [-0.1, -0.05) is 30.7 Å². The Morgan fingerprint density at radius 3 is 1.91 bits per heavy atom. The lowest BCUT2D eigenvalue weighted by Crippen LogP contribution is -2.30. The molecular formula is C43H36B2F5N7O7S. The summed E-state index contributed by atoms with van der Waals surface area (Å²) in [5.41, 5.74) is 3.26. The van der Waals surface area contributed by atoms with Crippen LogP contribution in [0.3, 0.4) is 0 Å². The second kappa shape index (κ2) is 22.0. The van der Waals surface area contributed by atoms with Crippen LogP contribution in [0.5, 0.6) is 5.75 Å². The highest BCUT2D eigenvalue weighted by atomic mass is 32.2. The summed E-state index contributed by atoms with van der Waals surface area (Å²) in [6.07, 6.45) is 2.22. The molecule has 0 fully saturated rings. The number of alkyl halides is 3. The molecule has 14 nitrogen and oxygen atoms in total. The lowest BCUT2D eigenvalue weighted by Gasteiger charge is -2.22. The van der Waals surface area contributed by atoms with E-state index in [0.717, 1.165) is 23.6 Å². The summed E-state index contributed by atoms with van der Waals surface area (Å²) in [7, 11) is -1.58. The van der Waals surface area contributed by atoms with Gasteiger partial charge >= 0.3 is 20.4 Å². The van der Waals surface area contributed by atoms with E-state index in [4.69, 9.17) is 4.42 Å². The highest BCUT2D eigenvalue weighted by Gasteiger charge is 2.31. The minimum atomic E-state index is -4.83. The van der Waals surface area contributed by atoms with Crippen molar-refractivity contribution in [1.82, 2.24) is 19.9 Å². The number of furan rings is 1. The largest absolute Gasteiger partial charge is 0.573 e. The first-order valence-electron chi connectivity index (χ1n) is 19.3. The SMILES string of the molecule is CB(O)c1ccc(OC(F)(F)F)cc1CSc1ncc(C(=O)Nc2ccc(F)cc2)cn1.O=C(Nc1ccc(F)cc1)c1ccc(N(Cc2ccc(B(O)O)cn2)Cc2ccco2)nc1. The third-order valence-corrected chi connectivity index (χ3v) is 9.93. The summed E-state index contributed by atoms with van der Waals surface area (Å²) in [4.78, 5) is 43.5. The maximum absolute atomic E-state index is 13.1. The zero-order valence-corrected chi connectivity index (χ0v) is 34.8. The van der Waals surface area contributed by atoms with Gasteiger partial charge in [0.2, 0.25) is 0 Å². The number of carbonyl (C=O) groups is 2. The summed E-state index contributed by atoms with van der Waals surface area (Å²) < 4.78 is 72.9. The minimum Gasteiger partial charge on any atom is -0.467 e. The molecule has 0 radical (unpaired) electrons. The lowest BCUT2D eigenvalue weighted by molar-refractivity contribution is -0.274. The molecule has 0 unspecified atom stereocenters. The predicted octanol–water partition coefficient (Wildman–Crippen LogP) is 6.23. The number of amides is 2. The maximum Gasteiger partial charge on any atom is 0.573 e. The van der Waals surface area contributed by atoms with Gasteiger partial charge in [0.15, 0.2) is 5.16 Å². The number of nitrogens with zero attached hydrogens (tertiary/aromatic N) is 5. The van der Waals surface area contributed by atoms with Crippen LogP contribution in [0.15, 0.2) is 144 Å². The number of hydrogen-bond acceptors (Lipinski definition) is 13. The van der Waals surface area contributed by atoms with Crippen molar-refractivity contribution < 1.29 is 55.8 Å². The first-order valence-corrected chi connectivity index (χ1v) is 20.3. The van der Waals surface area contributed by atoms with Crippen molar-refractivity contribution in [3.8, 4) is 5.75 Å². The molecular weight excluding hydrogens is 875 g/mol. The Hall–Kier alpha value is -7.13. The lowest BCUT2D eigenvalue weighted by atomic mass is 9.63. The van der Waals surface area contributed by atoms with E-state index in [2.05, 4.69) is 35.3 Å². The van der Waals surface area contributed by atoms with Gasteiger partial charge in [-0.2, -0.15) is 0 Å². The molecule has 0 atom stereocenters. The Balaban J connectivity index is 0.000000216. The van der Waals surface area contributed by atoms with Crippen molar-refractivity contribution in [2.24, 2.45) is 0 Å². The van der Waals surface area contributed by atoms with Crippen molar-refractivity contribution in [3.63, 3.8) is 0 Å². The fraction of sp³-hybridized carbons (Fsp3) is 0.116. The number of halogens is 5. The number of nitrogens with one attached hydrogen (secondary N) is 2. The third kappa shape index (κ3) is 14.4. The molecule has 4 aromatic heterocycles. The summed E-state index contributed by atoms with van der Waals surface area (Å²) in [6.45, 7) is 1.38. The zero-order valence-electron chi connectivity index (χ0n) is 34.0. The van der Waals surface area contributed by atoms with Crippen LogP contribution in [0.25, 0.3) is 0 Å². The molecule has 0 aliphatic rings. The van der Waals surface area contributed by atoms with Crippen LogP contribution in [0.2, 0.25) is 6.82 Å². The molecule has 5 N–H and O–H groups in total. The van der Waals surface area contributed by atoms with E-state index in [1.807, 2.05) is 11.0 Å². The van der Waals surface area contributed by atoms with Crippen LogP contribution in [-0.4, -0.2) is 67.2 Å². The van der Waals surface area contributed by atoms with Gasteiger partial charge in [0.1, 0.15) is 29.0 Å². The summed E-state index contributed by atoms with van der Waals surface area (Å²) >= 11 is 1.11. The number of thioether (sulfide) groups is 1. The number of rotatable bonds is 15. The summed E-state index contributed by atoms with van der Waals surface area (Å²) in [5, 5.41) is 34.0. The molecule has 0 bridgehead atoms. The number of pyridine rings is 2. The first kappa shape index (κ1) is 47.4. The van der Waals surface area contributed by atoms with Crippen LogP contribution < -0.4 is 31.2 Å². The fourth-order valence-electron chi connectivity index (χ4n) is 5.83. The van der Waals surface area contributed by atoms with Gasteiger partial charge in [0, 0.05) is 47.4 Å². The van der Waals surface area contributed by atoms with E-state index in [0.29, 0.717) is 58.0 Å². The number of aromatic nitrogens is 4. The number of benzene rings is 3. The van der Waals surface area contributed by atoms with Gasteiger partial charge in [-0.25, -0.2) is 23.7 Å². The number of anilines is 3. The van der Waals surface area contributed by atoms with E-state index in [1.54, 1.807) is 36.6 Å². The molecule has 3 aromatic carbocycles. The van der Waals surface area contributed by atoms with E-state index in [-0.39, 0.29) is 28.2 Å². The molecule has 332 valence electrons. The second-order valence-electron chi connectivity index (χ2n) is 13.8. The van der Waals surface area contributed by atoms with Crippen molar-refractivity contribution in [2.45, 2.75) is 37.2 Å². The molecule has 7 aromatic rings. The summed E-state index contributed by atoms with van der Waals surface area (Å²) in [6, 6.07) is 24.7. The van der Waals surface area contributed by atoms with E-state index in [9.17, 15) is 46.6 Å². The number of carbonyl (C=O) groups excluding carboxylic acids is 2. The van der Waals surface area contributed by atoms with Crippen molar-refractivity contribution in [2.75, 3.05) is 15.5 Å². The predicted molar refractivity (Wildman–Crippen MR) is 234 cm³/mol. The highest BCUT2D eigenvalue weighted by molar-refractivity contribution is 7.98. The Morgan fingerprint density at radius 1 is 0.754 bits per heavy atom. The Morgan fingerprint density at radius 2 is 1.38 bits per heavy atom. The topological polar surface area (TPSA) is 196 Å². The average Bonchev–Trinajstić information content (AvgIpc) is 3.80. The normalized spacial score (nSPS) is 10.9. The van der Waals surface area contributed by atoms with Crippen molar-refractivity contribution in [3.05, 3.63) is 174 Å². The molecule has 0 aliphatic carbocycles. The highest BCUT2D eigenvalue weighted by Crippen LogP contribution is 2.26. The van der Waals surface area contributed by atoms with Crippen LogP contribution >= 0.6 is 11.8 Å². The van der Waals surface area contributed by atoms with Crippen molar-refractivity contribution in [1.29, 1.82) is 0 Å². The Bertz CT molecular complexity index is 2640. The molecule has 0 saturated heterocycles. The van der Waals surface area contributed by atoms with Gasteiger partial charge in [-0.3, -0.25) is 14.6 Å². The Labute approximate surface area is 372 Å². The molecule has 2 amide bonds. The molecule has 0 spiro atoms.